The minimum atomic E-state index is 0.0343. The molecule has 5 heteroatoms. The lowest BCUT2D eigenvalue weighted by Gasteiger charge is -2.26. The van der Waals surface area contributed by atoms with Crippen molar-refractivity contribution in [3.05, 3.63) is 18.7 Å². The average Bonchev–Trinajstić information content (AvgIpc) is 3.11. The highest BCUT2D eigenvalue weighted by molar-refractivity contribution is 5.76. The summed E-state index contributed by atoms with van der Waals surface area (Å²) in [5, 5.41) is 0. The van der Waals surface area contributed by atoms with E-state index in [-0.39, 0.29) is 6.03 Å². The Labute approximate surface area is 108 Å². The highest BCUT2D eigenvalue weighted by Crippen LogP contribution is 2.35. The monoisotopic (exact) mass is 252 g/mol. The van der Waals surface area contributed by atoms with Gasteiger partial charge in [-0.25, -0.2) is 9.36 Å². The van der Waals surface area contributed by atoms with E-state index in [9.17, 15) is 4.79 Å². The first kappa shape index (κ1) is 13.1. The van der Waals surface area contributed by atoms with Crippen molar-refractivity contribution in [2.24, 2.45) is 13.0 Å². The molecule has 1 saturated carbocycles. The van der Waals surface area contributed by atoms with Gasteiger partial charge >= 0.3 is 6.03 Å². The zero-order valence-corrected chi connectivity index (χ0v) is 11.4. The van der Waals surface area contributed by atoms with Crippen molar-refractivity contribution in [3.8, 4) is 0 Å². The van der Waals surface area contributed by atoms with Crippen LogP contribution in [0.5, 0.6) is 0 Å². The number of amides is 1. The van der Waals surface area contributed by atoms with Crippen LogP contribution in [-0.2, 0) is 11.8 Å². The summed E-state index contributed by atoms with van der Waals surface area (Å²) in [4.78, 5) is 14.4. The molecule has 1 aromatic rings. The van der Waals surface area contributed by atoms with Crippen LogP contribution in [0.1, 0.15) is 19.8 Å². The van der Waals surface area contributed by atoms with Crippen molar-refractivity contribution >= 4 is 6.03 Å². The van der Waals surface area contributed by atoms with Crippen molar-refractivity contribution in [3.63, 3.8) is 0 Å². The molecule has 5 nitrogen and oxygen atoms in total. The van der Waals surface area contributed by atoms with Crippen LogP contribution in [0.25, 0.3) is 0 Å². The summed E-state index contributed by atoms with van der Waals surface area (Å²) in [5.74, 6) is 0.662. The number of carbonyl (C=O) groups is 1. The van der Waals surface area contributed by atoms with Gasteiger partial charge in [0, 0.05) is 19.7 Å². The number of hydrogen-bond donors (Lipinski definition) is 0. The van der Waals surface area contributed by atoms with Gasteiger partial charge in [0.25, 0.3) is 6.33 Å². The van der Waals surface area contributed by atoms with E-state index in [1.807, 2.05) is 22.7 Å². The normalized spacial score (nSPS) is 16.6. The summed E-state index contributed by atoms with van der Waals surface area (Å²) in [5.41, 5.74) is 0. The van der Waals surface area contributed by atoms with E-state index in [0.717, 1.165) is 0 Å². The van der Waals surface area contributed by atoms with E-state index in [0.29, 0.717) is 25.1 Å². The lowest BCUT2D eigenvalue weighted by molar-refractivity contribution is -0.670. The zero-order chi connectivity index (χ0) is 13.1. The van der Waals surface area contributed by atoms with Crippen LogP contribution in [0.3, 0.4) is 0 Å². The molecular formula is C13H22N3O2+. The van der Waals surface area contributed by atoms with Gasteiger partial charge in [-0.1, -0.05) is 0 Å². The highest BCUT2D eigenvalue weighted by Gasteiger charge is 2.36. The van der Waals surface area contributed by atoms with Gasteiger partial charge in [-0.05, 0) is 25.7 Å². The van der Waals surface area contributed by atoms with Crippen LogP contribution in [-0.4, -0.2) is 41.8 Å². The summed E-state index contributed by atoms with van der Waals surface area (Å²) in [6.07, 6.45) is 7.92. The van der Waals surface area contributed by atoms with Gasteiger partial charge in [0.2, 0.25) is 0 Å². The molecule has 1 aliphatic rings. The molecule has 1 aromatic heterocycles. The van der Waals surface area contributed by atoms with Crippen LogP contribution in [0.4, 0.5) is 4.79 Å². The topological polar surface area (TPSA) is 38.4 Å². The molecule has 1 amide bonds. The van der Waals surface area contributed by atoms with E-state index in [1.54, 1.807) is 24.2 Å². The fourth-order valence-corrected chi connectivity index (χ4v) is 2.21. The Morgan fingerprint density at radius 3 is 2.83 bits per heavy atom. The minimum Gasteiger partial charge on any atom is -0.383 e. The largest absolute Gasteiger partial charge is 0.416 e. The number of rotatable bonds is 5. The Balaban J connectivity index is 2.09. The molecule has 0 radical (unpaired) electrons. The number of ether oxygens (including phenoxy) is 1. The summed E-state index contributed by atoms with van der Waals surface area (Å²) in [6.45, 7) is 3.36. The third-order valence-electron chi connectivity index (χ3n) is 3.57. The van der Waals surface area contributed by atoms with E-state index in [4.69, 9.17) is 4.74 Å². The first-order valence-corrected chi connectivity index (χ1v) is 6.46. The molecule has 100 valence electrons. The van der Waals surface area contributed by atoms with Crippen molar-refractivity contribution in [1.82, 2.24) is 9.47 Å². The predicted octanol–water partition coefficient (Wildman–Crippen LogP) is 1.03. The second-order valence-corrected chi connectivity index (χ2v) is 5.03. The molecule has 0 spiro atoms. The van der Waals surface area contributed by atoms with Crippen LogP contribution >= 0.6 is 0 Å². The molecule has 0 N–H and O–H groups in total. The molecule has 1 fully saturated rings. The van der Waals surface area contributed by atoms with Crippen molar-refractivity contribution in [2.75, 3.05) is 20.3 Å². The number of methoxy groups -OCH3 is 1. The molecule has 1 aliphatic carbocycles. The van der Waals surface area contributed by atoms with Gasteiger partial charge in [-0.3, -0.25) is 4.90 Å². The lowest BCUT2D eigenvalue weighted by Crippen LogP contribution is -2.44. The fraction of sp³-hybridized carbons (Fsp3) is 0.692. The van der Waals surface area contributed by atoms with E-state index >= 15 is 0 Å². The predicted molar refractivity (Wildman–Crippen MR) is 67.2 cm³/mol. The molecule has 0 saturated heterocycles. The summed E-state index contributed by atoms with van der Waals surface area (Å²) in [7, 11) is 3.58. The van der Waals surface area contributed by atoms with Crippen LogP contribution < -0.4 is 4.57 Å². The third-order valence-corrected chi connectivity index (χ3v) is 3.57. The quantitative estimate of drug-likeness (QED) is 0.734. The molecule has 1 heterocycles. The number of hydrogen-bond acceptors (Lipinski definition) is 2. The van der Waals surface area contributed by atoms with Crippen LogP contribution in [0.2, 0.25) is 0 Å². The molecule has 0 bridgehead atoms. The standard InChI is InChI=1S/C13H22N3O2/c1-11(12-4-5-12)16(8-9-18-3)13(17)15-7-6-14(2)10-15/h6-7,10-12H,4-5,8-9H2,1-3H3/q+1. The Morgan fingerprint density at radius 1 is 1.61 bits per heavy atom. The molecular weight excluding hydrogens is 230 g/mol. The molecule has 18 heavy (non-hydrogen) atoms. The van der Waals surface area contributed by atoms with Gasteiger partial charge in [-0.15, -0.1) is 0 Å². The van der Waals surface area contributed by atoms with Crippen molar-refractivity contribution in [1.29, 1.82) is 0 Å². The number of carbonyl (C=O) groups excluding carboxylic acids is 1. The fourth-order valence-electron chi connectivity index (χ4n) is 2.21. The smallest absolute Gasteiger partial charge is 0.383 e. The maximum atomic E-state index is 12.5. The van der Waals surface area contributed by atoms with E-state index in [1.165, 1.54) is 12.8 Å². The van der Waals surface area contributed by atoms with Crippen LogP contribution in [0.15, 0.2) is 18.7 Å². The first-order chi connectivity index (χ1) is 8.63. The Kier molecular flexibility index (Phi) is 4.01. The Morgan fingerprint density at radius 2 is 2.33 bits per heavy atom. The lowest BCUT2D eigenvalue weighted by atomic mass is 10.2. The van der Waals surface area contributed by atoms with Gasteiger partial charge in [0.15, 0.2) is 0 Å². The van der Waals surface area contributed by atoms with E-state index < -0.39 is 0 Å². The molecule has 0 aliphatic heterocycles. The Bertz CT molecular complexity index is 412. The Hall–Kier alpha value is -1.36. The third kappa shape index (κ3) is 2.90. The number of aryl methyl sites for hydroxylation is 1. The molecule has 1 atom stereocenters. The summed E-state index contributed by atoms with van der Waals surface area (Å²) >= 11 is 0. The van der Waals surface area contributed by atoms with Gasteiger partial charge in [0.05, 0.1) is 13.7 Å². The maximum Gasteiger partial charge on any atom is 0.416 e. The second-order valence-electron chi connectivity index (χ2n) is 5.03. The zero-order valence-electron chi connectivity index (χ0n) is 11.4. The highest BCUT2D eigenvalue weighted by atomic mass is 16.5. The van der Waals surface area contributed by atoms with Gasteiger partial charge < -0.3 is 4.74 Å². The number of nitrogens with zero attached hydrogens (tertiary/aromatic N) is 3. The minimum absolute atomic E-state index is 0.0343. The molecule has 1 unspecified atom stereocenters. The SMILES string of the molecule is COCCN(C(=O)n1cc[n+](C)c1)C(C)C1CC1. The average molecular weight is 252 g/mol. The van der Waals surface area contributed by atoms with Crippen molar-refractivity contribution in [2.45, 2.75) is 25.8 Å². The van der Waals surface area contributed by atoms with Gasteiger partial charge in [-0.2, -0.15) is 4.57 Å². The number of imidazole rings is 1. The summed E-state index contributed by atoms with van der Waals surface area (Å²) in [6, 6.07) is 0.326. The van der Waals surface area contributed by atoms with Crippen molar-refractivity contribution < 1.29 is 14.1 Å². The second kappa shape index (κ2) is 5.52. The van der Waals surface area contributed by atoms with Crippen LogP contribution in [0, 0.1) is 5.92 Å². The molecule has 2 rings (SSSR count). The maximum absolute atomic E-state index is 12.5. The van der Waals surface area contributed by atoms with E-state index in [2.05, 4.69) is 6.92 Å². The summed E-state index contributed by atoms with van der Waals surface area (Å²) < 4.78 is 8.61. The number of aromatic nitrogens is 2. The van der Waals surface area contributed by atoms with Gasteiger partial charge in [0.1, 0.15) is 12.4 Å². The first-order valence-electron chi connectivity index (χ1n) is 6.46. The molecule has 0 aromatic carbocycles.